The van der Waals surface area contributed by atoms with Gasteiger partial charge in [0.1, 0.15) is 5.82 Å². The molecular weight excluding hydrogens is 302 g/mol. The van der Waals surface area contributed by atoms with Gasteiger partial charge in [0, 0.05) is 26.5 Å². The summed E-state index contributed by atoms with van der Waals surface area (Å²) in [6, 6.07) is 10.9. The molecule has 6 heteroatoms. The Bertz CT molecular complexity index is 617. The maximum absolute atomic E-state index is 11.9. The van der Waals surface area contributed by atoms with Crippen molar-refractivity contribution in [2.75, 3.05) is 25.6 Å². The molecule has 0 atom stereocenters. The first kappa shape index (κ1) is 16.3. The molecule has 5 nitrogen and oxygen atoms in total. The van der Waals surface area contributed by atoms with E-state index in [1.165, 1.54) is 6.20 Å². The van der Waals surface area contributed by atoms with Gasteiger partial charge in [0.2, 0.25) is 0 Å². The van der Waals surface area contributed by atoms with Crippen molar-refractivity contribution in [2.24, 2.45) is 0 Å². The highest BCUT2D eigenvalue weighted by Gasteiger charge is 2.06. The zero-order chi connectivity index (χ0) is 15.8. The third-order valence-electron chi connectivity index (χ3n) is 2.97. The summed E-state index contributed by atoms with van der Waals surface area (Å²) in [5.74, 6) is 0.483. The molecule has 0 radical (unpaired) electrons. The van der Waals surface area contributed by atoms with E-state index in [9.17, 15) is 4.79 Å². The second-order valence-electron chi connectivity index (χ2n) is 4.64. The molecule has 0 aliphatic carbocycles. The van der Waals surface area contributed by atoms with E-state index in [0.717, 1.165) is 12.1 Å². The van der Waals surface area contributed by atoms with Crippen LogP contribution in [0, 0.1) is 0 Å². The number of aromatic nitrogens is 1. The van der Waals surface area contributed by atoms with Crippen molar-refractivity contribution in [1.29, 1.82) is 0 Å². The van der Waals surface area contributed by atoms with Crippen molar-refractivity contribution in [3.05, 3.63) is 53.2 Å². The molecule has 1 aromatic carbocycles. The quantitative estimate of drug-likeness (QED) is 0.769. The predicted octanol–water partition coefficient (Wildman–Crippen LogP) is 3.24. The molecule has 1 amide bonds. The second-order valence-corrected chi connectivity index (χ2v) is 5.05. The summed E-state index contributed by atoms with van der Waals surface area (Å²) < 4.78 is 4.93. The number of benzene rings is 1. The van der Waals surface area contributed by atoms with Crippen LogP contribution in [-0.4, -0.2) is 31.2 Å². The minimum Gasteiger partial charge on any atom is -0.385 e. The van der Waals surface area contributed by atoms with Gasteiger partial charge in [0.25, 0.3) is 5.91 Å². The zero-order valence-corrected chi connectivity index (χ0v) is 13.1. The van der Waals surface area contributed by atoms with Crippen molar-refractivity contribution < 1.29 is 9.53 Å². The number of carbonyl (C=O) groups excluding carboxylic acids is 1. The molecule has 0 fully saturated rings. The summed E-state index contributed by atoms with van der Waals surface area (Å²) in [6.45, 7) is 1.20. The minimum absolute atomic E-state index is 0.145. The fraction of sp³-hybridized carbons (Fsp3) is 0.250. The lowest BCUT2D eigenvalue weighted by molar-refractivity contribution is 0.0948. The fourth-order valence-electron chi connectivity index (χ4n) is 1.82. The highest BCUT2D eigenvalue weighted by atomic mass is 35.5. The van der Waals surface area contributed by atoms with E-state index in [2.05, 4.69) is 15.6 Å². The van der Waals surface area contributed by atoms with Crippen LogP contribution >= 0.6 is 11.6 Å². The summed E-state index contributed by atoms with van der Waals surface area (Å²) in [5.41, 5.74) is 1.29. The predicted molar refractivity (Wildman–Crippen MR) is 87.8 cm³/mol. The maximum Gasteiger partial charge on any atom is 0.252 e. The molecule has 116 valence electrons. The van der Waals surface area contributed by atoms with Crippen LogP contribution < -0.4 is 10.6 Å². The van der Waals surface area contributed by atoms with Crippen molar-refractivity contribution in [2.45, 2.75) is 6.42 Å². The van der Waals surface area contributed by atoms with Crippen molar-refractivity contribution in [1.82, 2.24) is 10.3 Å². The smallest absolute Gasteiger partial charge is 0.252 e. The first-order valence-corrected chi connectivity index (χ1v) is 7.33. The minimum atomic E-state index is -0.145. The first-order valence-electron chi connectivity index (χ1n) is 6.95. The van der Waals surface area contributed by atoms with Crippen LogP contribution in [0.2, 0.25) is 5.02 Å². The average Bonchev–Trinajstić information content (AvgIpc) is 2.54. The highest BCUT2D eigenvalue weighted by Crippen LogP contribution is 2.23. The van der Waals surface area contributed by atoms with Gasteiger partial charge in [-0.2, -0.15) is 0 Å². The van der Waals surface area contributed by atoms with Gasteiger partial charge in [0.15, 0.2) is 0 Å². The number of amides is 1. The Morgan fingerprint density at radius 1 is 1.27 bits per heavy atom. The molecule has 0 aliphatic heterocycles. The average molecular weight is 320 g/mol. The standard InChI is InChI=1S/C16H18ClN3O2/c1-22-10-4-9-18-16(21)12-7-8-15(19-11-12)20-14-6-3-2-5-13(14)17/h2-3,5-8,11H,4,9-10H2,1H3,(H,18,21)(H,19,20). The SMILES string of the molecule is COCCCNC(=O)c1ccc(Nc2ccccc2Cl)nc1. The van der Waals surface area contributed by atoms with Crippen molar-refractivity contribution in [3.63, 3.8) is 0 Å². The van der Waals surface area contributed by atoms with Gasteiger partial charge in [-0.25, -0.2) is 4.98 Å². The molecule has 2 rings (SSSR count). The number of rotatable bonds is 7. The molecule has 0 saturated heterocycles. The van der Waals surface area contributed by atoms with E-state index in [1.54, 1.807) is 25.3 Å². The normalized spacial score (nSPS) is 10.3. The van der Waals surface area contributed by atoms with Crippen LogP contribution in [0.15, 0.2) is 42.6 Å². The lowest BCUT2D eigenvalue weighted by Crippen LogP contribution is -2.25. The largest absolute Gasteiger partial charge is 0.385 e. The molecule has 0 unspecified atom stereocenters. The van der Waals surface area contributed by atoms with Crippen LogP contribution in [0.3, 0.4) is 0 Å². The van der Waals surface area contributed by atoms with E-state index >= 15 is 0 Å². The van der Waals surface area contributed by atoms with Gasteiger partial charge in [-0.15, -0.1) is 0 Å². The summed E-state index contributed by atoms with van der Waals surface area (Å²) >= 11 is 6.07. The van der Waals surface area contributed by atoms with E-state index in [0.29, 0.717) is 29.6 Å². The Morgan fingerprint density at radius 2 is 2.09 bits per heavy atom. The lowest BCUT2D eigenvalue weighted by atomic mass is 10.2. The number of hydrogen-bond acceptors (Lipinski definition) is 4. The molecule has 2 N–H and O–H groups in total. The summed E-state index contributed by atoms with van der Waals surface area (Å²) in [6.07, 6.45) is 2.31. The number of halogens is 1. The number of pyridine rings is 1. The second kappa shape index (κ2) is 8.36. The third kappa shape index (κ3) is 4.72. The topological polar surface area (TPSA) is 63.2 Å². The van der Waals surface area contributed by atoms with E-state index in [4.69, 9.17) is 16.3 Å². The molecule has 0 saturated carbocycles. The number of anilines is 2. The van der Waals surface area contributed by atoms with Gasteiger partial charge in [0.05, 0.1) is 16.3 Å². The lowest BCUT2D eigenvalue weighted by Gasteiger charge is -2.08. The van der Waals surface area contributed by atoms with Gasteiger partial charge in [-0.05, 0) is 30.7 Å². The Kier molecular flexibility index (Phi) is 6.18. The van der Waals surface area contributed by atoms with Crippen LogP contribution in [0.4, 0.5) is 11.5 Å². The van der Waals surface area contributed by atoms with Gasteiger partial charge >= 0.3 is 0 Å². The van der Waals surface area contributed by atoms with Gasteiger partial charge in [-0.1, -0.05) is 23.7 Å². The number of hydrogen-bond donors (Lipinski definition) is 2. The van der Waals surface area contributed by atoms with E-state index in [-0.39, 0.29) is 5.91 Å². The summed E-state index contributed by atoms with van der Waals surface area (Å²) in [7, 11) is 1.64. The number of methoxy groups -OCH3 is 1. The van der Waals surface area contributed by atoms with Crippen LogP contribution in [-0.2, 0) is 4.74 Å². The van der Waals surface area contributed by atoms with Gasteiger partial charge < -0.3 is 15.4 Å². The van der Waals surface area contributed by atoms with Crippen LogP contribution in [0.5, 0.6) is 0 Å². The third-order valence-corrected chi connectivity index (χ3v) is 3.30. The molecule has 0 bridgehead atoms. The van der Waals surface area contributed by atoms with Gasteiger partial charge in [-0.3, -0.25) is 4.79 Å². The van der Waals surface area contributed by atoms with Crippen molar-refractivity contribution in [3.8, 4) is 0 Å². The highest BCUT2D eigenvalue weighted by molar-refractivity contribution is 6.33. The monoisotopic (exact) mass is 319 g/mol. The Balaban J connectivity index is 1.92. The maximum atomic E-state index is 11.9. The Labute approximate surface area is 134 Å². The van der Waals surface area contributed by atoms with Crippen molar-refractivity contribution >= 4 is 29.0 Å². The Hall–Kier alpha value is -2.11. The molecule has 0 spiro atoms. The number of nitrogens with one attached hydrogen (secondary N) is 2. The molecule has 0 aliphatic rings. The summed E-state index contributed by atoms with van der Waals surface area (Å²) in [5, 5.41) is 6.53. The summed E-state index contributed by atoms with van der Waals surface area (Å²) in [4.78, 5) is 16.1. The molecule has 22 heavy (non-hydrogen) atoms. The number of para-hydroxylation sites is 1. The van der Waals surface area contributed by atoms with Crippen LogP contribution in [0.1, 0.15) is 16.8 Å². The fourth-order valence-corrected chi connectivity index (χ4v) is 2.01. The number of ether oxygens (including phenoxy) is 1. The molecule has 1 heterocycles. The first-order chi connectivity index (χ1) is 10.7. The molecule has 2 aromatic rings. The number of nitrogens with zero attached hydrogens (tertiary/aromatic N) is 1. The van der Waals surface area contributed by atoms with E-state index < -0.39 is 0 Å². The molecule has 1 aromatic heterocycles. The number of carbonyl (C=O) groups is 1. The zero-order valence-electron chi connectivity index (χ0n) is 12.3. The Morgan fingerprint density at radius 3 is 2.77 bits per heavy atom. The van der Waals surface area contributed by atoms with Crippen LogP contribution in [0.25, 0.3) is 0 Å². The van der Waals surface area contributed by atoms with E-state index in [1.807, 2.05) is 18.2 Å². The molecular formula is C16H18ClN3O2.